The van der Waals surface area contributed by atoms with Gasteiger partial charge in [0.2, 0.25) is 0 Å². The monoisotopic (exact) mass is 221 g/mol. The summed E-state index contributed by atoms with van der Waals surface area (Å²) in [5, 5.41) is 0. The fraction of sp³-hybridized carbons (Fsp3) is 0.0667. The van der Waals surface area contributed by atoms with Crippen LogP contribution < -0.4 is 0 Å². The molecule has 3 rings (SSSR count). The van der Waals surface area contributed by atoms with E-state index in [-0.39, 0.29) is 5.78 Å². The Hall–Kier alpha value is -2.22. The highest BCUT2D eigenvalue weighted by atomic mass is 16.1. The summed E-state index contributed by atoms with van der Waals surface area (Å²) in [6, 6.07) is 11.8. The molecule has 0 spiro atoms. The number of benzene rings is 1. The largest absolute Gasteiger partial charge is 0.294 e. The molecule has 0 unspecified atom stereocenters. The molecule has 17 heavy (non-hydrogen) atoms. The smallest absolute Gasteiger partial charge is 0.167 e. The predicted molar refractivity (Wildman–Crippen MR) is 67.3 cm³/mol. The summed E-state index contributed by atoms with van der Waals surface area (Å²) in [4.78, 5) is 16.0. The highest BCUT2D eigenvalue weighted by Crippen LogP contribution is 2.30. The fourth-order valence-corrected chi connectivity index (χ4v) is 2.14. The molecule has 0 saturated heterocycles. The van der Waals surface area contributed by atoms with Gasteiger partial charge in [-0.3, -0.25) is 9.78 Å². The first-order chi connectivity index (χ1) is 8.34. The Balaban J connectivity index is 2.10. The molecule has 0 fully saturated rings. The summed E-state index contributed by atoms with van der Waals surface area (Å²) in [5.41, 5.74) is 3.94. The lowest BCUT2D eigenvalue weighted by atomic mass is 10.1. The van der Waals surface area contributed by atoms with Crippen LogP contribution in [-0.4, -0.2) is 10.8 Å². The van der Waals surface area contributed by atoms with E-state index >= 15 is 0 Å². The minimum Gasteiger partial charge on any atom is -0.294 e. The number of Topliss-reactive ketones (excluding diaryl/α,β-unsaturated/α-hetero) is 1. The van der Waals surface area contributed by atoms with Crippen LogP contribution in [0.1, 0.15) is 16.7 Å². The number of ketones is 1. The Labute approximate surface area is 99.6 Å². The average Bonchev–Trinajstić information content (AvgIpc) is 2.68. The van der Waals surface area contributed by atoms with E-state index in [1.165, 1.54) is 0 Å². The molecule has 0 radical (unpaired) electrons. The van der Waals surface area contributed by atoms with Gasteiger partial charge in [0.25, 0.3) is 0 Å². The van der Waals surface area contributed by atoms with Crippen molar-refractivity contribution in [2.45, 2.75) is 6.42 Å². The van der Waals surface area contributed by atoms with Crippen molar-refractivity contribution in [2.24, 2.45) is 0 Å². The summed E-state index contributed by atoms with van der Waals surface area (Å²) in [6.45, 7) is 0. The molecule has 0 saturated carbocycles. The molecule has 1 aromatic heterocycles. The van der Waals surface area contributed by atoms with E-state index < -0.39 is 0 Å². The lowest BCUT2D eigenvalue weighted by Crippen LogP contribution is -1.93. The molecule has 0 atom stereocenters. The molecule has 1 aliphatic rings. The van der Waals surface area contributed by atoms with Crippen LogP contribution in [0.3, 0.4) is 0 Å². The van der Waals surface area contributed by atoms with Gasteiger partial charge < -0.3 is 0 Å². The number of aromatic nitrogens is 1. The Morgan fingerprint density at radius 3 is 2.82 bits per heavy atom. The van der Waals surface area contributed by atoms with Crippen molar-refractivity contribution in [3.05, 3.63) is 65.5 Å². The highest BCUT2D eigenvalue weighted by molar-refractivity contribution is 6.29. The van der Waals surface area contributed by atoms with E-state index in [0.29, 0.717) is 6.42 Å². The van der Waals surface area contributed by atoms with Crippen molar-refractivity contribution in [2.75, 3.05) is 0 Å². The SMILES string of the molecule is O=C1Cc2ccccc2/C1=C/c1cccnc1. The molecule has 1 heterocycles. The second-order valence-electron chi connectivity index (χ2n) is 4.10. The number of fused-ring (bicyclic) bond motifs is 1. The maximum Gasteiger partial charge on any atom is 0.167 e. The molecule has 2 nitrogen and oxygen atoms in total. The number of hydrogen-bond acceptors (Lipinski definition) is 2. The standard InChI is InChI=1S/C15H11NO/c17-15-9-12-5-1-2-6-13(12)14(15)8-11-4-3-7-16-10-11/h1-8,10H,9H2/b14-8-. The van der Waals surface area contributed by atoms with Gasteiger partial charge in [0, 0.05) is 24.4 Å². The topological polar surface area (TPSA) is 30.0 Å². The number of nitrogens with zero attached hydrogens (tertiary/aromatic N) is 1. The molecule has 2 heteroatoms. The Kier molecular flexibility index (Phi) is 2.33. The molecular formula is C15H11NO. The molecule has 0 bridgehead atoms. The zero-order chi connectivity index (χ0) is 11.7. The van der Waals surface area contributed by atoms with E-state index in [0.717, 1.165) is 22.3 Å². The van der Waals surface area contributed by atoms with Crippen LogP contribution in [0, 0.1) is 0 Å². The molecule has 1 aliphatic carbocycles. The van der Waals surface area contributed by atoms with E-state index in [1.54, 1.807) is 12.4 Å². The van der Waals surface area contributed by atoms with Crippen LogP contribution in [0.2, 0.25) is 0 Å². The third kappa shape index (κ3) is 1.78. The average molecular weight is 221 g/mol. The first-order valence-electron chi connectivity index (χ1n) is 5.58. The highest BCUT2D eigenvalue weighted by Gasteiger charge is 2.23. The van der Waals surface area contributed by atoms with Gasteiger partial charge in [-0.2, -0.15) is 0 Å². The van der Waals surface area contributed by atoms with Crippen LogP contribution in [0.5, 0.6) is 0 Å². The quantitative estimate of drug-likeness (QED) is 0.693. The second-order valence-corrected chi connectivity index (χ2v) is 4.10. The van der Waals surface area contributed by atoms with E-state index in [2.05, 4.69) is 4.98 Å². The van der Waals surface area contributed by atoms with Crippen LogP contribution in [0.25, 0.3) is 11.6 Å². The number of rotatable bonds is 1. The maximum absolute atomic E-state index is 11.9. The fourth-order valence-electron chi connectivity index (χ4n) is 2.14. The molecule has 2 aromatic rings. The lowest BCUT2D eigenvalue weighted by molar-refractivity contribution is -0.112. The molecule has 1 aromatic carbocycles. The molecule has 0 N–H and O–H groups in total. The van der Waals surface area contributed by atoms with Crippen molar-refractivity contribution in [1.82, 2.24) is 4.98 Å². The second kappa shape index (κ2) is 3.98. The third-order valence-corrected chi connectivity index (χ3v) is 2.95. The summed E-state index contributed by atoms with van der Waals surface area (Å²) >= 11 is 0. The summed E-state index contributed by atoms with van der Waals surface area (Å²) < 4.78 is 0. The van der Waals surface area contributed by atoms with Crippen molar-refractivity contribution >= 4 is 17.4 Å². The Morgan fingerprint density at radius 1 is 1.12 bits per heavy atom. The van der Waals surface area contributed by atoms with Gasteiger partial charge in [0.15, 0.2) is 5.78 Å². The number of carbonyl (C=O) groups excluding carboxylic acids is 1. The minimum absolute atomic E-state index is 0.190. The zero-order valence-electron chi connectivity index (χ0n) is 9.26. The maximum atomic E-state index is 11.9. The van der Waals surface area contributed by atoms with E-state index in [1.807, 2.05) is 42.5 Å². The normalized spacial score (nSPS) is 16.2. The Bertz CT molecular complexity index is 599. The van der Waals surface area contributed by atoms with Crippen molar-refractivity contribution in [1.29, 1.82) is 0 Å². The van der Waals surface area contributed by atoms with Gasteiger partial charge in [-0.15, -0.1) is 0 Å². The van der Waals surface area contributed by atoms with Crippen LogP contribution in [0.4, 0.5) is 0 Å². The summed E-state index contributed by atoms with van der Waals surface area (Å²) in [7, 11) is 0. The number of hydrogen-bond donors (Lipinski definition) is 0. The van der Waals surface area contributed by atoms with Crippen molar-refractivity contribution < 1.29 is 4.79 Å². The minimum atomic E-state index is 0.190. The van der Waals surface area contributed by atoms with Gasteiger partial charge in [0.1, 0.15) is 0 Å². The van der Waals surface area contributed by atoms with Crippen LogP contribution in [0.15, 0.2) is 48.8 Å². The molecule has 0 amide bonds. The first-order valence-corrected chi connectivity index (χ1v) is 5.58. The summed E-state index contributed by atoms with van der Waals surface area (Å²) in [5.74, 6) is 0.190. The Morgan fingerprint density at radius 2 is 2.00 bits per heavy atom. The van der Waals surface area contributed by atoms with Crippen LogP contribution in [-0.2, 0) is 11.2 Å². The van der Waals surface area contributed by atoms with Crippen LogP contribution >= 0.6 is 0 Å². The van der Waals surface area contributed by atoms with Crippen molar-refractivity contribution in [3.8, 4) is 0 Å². The predicted octanol–water partition coefficient (Wildman–Crippen LogP) is 2.75. The van der Waals surface area contributed by atoms with Gasteiger partial charge in [0.05, 0.1) is 0 Å². The van der Waals surface area contributed by atoms with Gasteiger partial charge in [-0.25, -0.2) is 0 Å². The van der Waals surface area contributed by atoms with Crippen molar-refractivity contribution in [3.63, 3.8) is 0 Å². The van der Waals surface area contributed by atoms with Gasteiger partial charge in [-0.1, -0.05) is 30.3 Å². The molecular weight excluding hydrogens is 210 g/mol. The lowest BCUT2D eigenvalue weighted by Gasteiger charge is -1.99. The molecule has 0 aliphatic heterocycles. The van der Waals surface area contributed by atoms with E-state index in [4.69, 9.17) is 0 Å². The third-order valence-electron chi connectivity index (χ3n) is 2.95. The number of pyridine rings is 1. The molecule has 82 valence electrons. The van der Waals surface area contributed by atoms with Gasteiger partial charge >= 0.3 is 0 Å². The number of carbonyl (C=O) groups is 1. The number of allylic oxidation sites excluding steroid dienone is 1. The summed E-state index contributed by atoms with van der Waals surface area (Å²) in [6.07, 6.45) is 5.93. The first kappa shape index (κ1) is 9.97. The van der Waals surface area contributed by atoms with E-state index in [9.17, 15) is 4.79 Å². The van der Waals surface area contributed by atoms with Gasteiger partial charge in [-0.05, 0) is 28.8 Å². The zero-order valence-corrected chi connectivity index (χ0v) is 9.26.